The molecule has 3 rings (SSSR count). The van der Waals surface area contributed by atoms with E-state index in [0.29, 0.717) is 24.3 Å². The van der Waals surface area contributed by atoms with Crippen molar-refractivity contribution in [2.45, 2.75) is 78.3 Å². The van der Waals surface area contributed by atoms with Gasteiger partial charge in [-0.2, -0.15) is 5.10 Å². The van der Waals surface area contributed by atoms with E-state index >= 15 is 0 Å². The third-order valence-corrected chi connectivity index (χ3v) is 5.83. The number of nitrogens with zero attached hydrogens (tertiary/aromatic N) is 2. The van der Waals surface area contributed by atoms with E-state index < -0.39 is 5.97 Å². The fourth-order valence-electron chi connectivity index (χ4n) is 3.75. The van der Waals surface area contributed by atoms with Crippen LogP contribution >= 0.6 is 0 Å². The van der Waals surface area contributed by atoms with E-state index in [-0.39, 0.29) is 29.5 Å². The second-order valence-electron chi connectivity index (χ2n) is 10.9. The van der Waals surface area contributed by atoms with Gasteiger partial charge < -0.3 is 10.4 Å². The number of halogens is 1. The number of nitrogens with one attached hydrogen (secondary N) is 1. The Morgan fingerprint density at radius 1 is 0.971 bits per heavy atom. The van der Waals surface area contributed by atoms with Crippen LogP contribution in [-0.4, -0.2) is 20.9 Å². The molecule has 0 aliphatic rings. The maximum Gasteiger partial charge on any atom is 0.303 e. The maximum atomic E-state index is 14.2. The Morgan fingerprint density at radius 3 is 2.18 bits per heavy atom. The average Bonchev–Trinajstić information content (AvgIpc) is 3.17. The molecule has 0 fully saturated rings. The summed E-state index contributed by atoms with van der Waals surface area (Å²) in [4.78, 5) is 10.7. The molecular weight excluding hydrogens is 429 g/mol. The SMILES string of the molecule is CC(C)(C)c1cc(C(C)(C)C)n(Cc2ccc(CNc3ccc(CCC(=O)O)c(F)c3)cc2)n1. The highest BCUT2D eigenvalue weighted by Gasteiger charge is 2.25. The summed E-state index contributed by atoms with van der Waals surface area (Å²) in [5, 5.41) is 16.9. The molecule has 0 radical (unpaired) electrons. The summed E-state index contributed by atoms with van der Waals surface area (Å²) in [5.41, 5.74) is 5.66. The second kappa shape index (κ2) is 10.00. The van der Waals surface area contributed by atoms with Gasteiger partial charge in [0, 0.05) is 35.2 Å². The summed E-state index contributed by atoms with van der Waals surface area (Å²) in [6.45, 7) is 14.5. The van der Waals surface area contributed by atoms with Crippen molar-refractivity contribution in [3.8, 4) is 0 Å². The molecule has 5 nitrogen and oxygen atoms in total. The third kappa shape index (κ3) is 6.69. The Bertz CT molecular complexity index is 1140. The average molecular weight is 466 g/mol. The molecule has 2 N–H and O–H groups in total. The van der Waals surface area contributed by atoms with E-state index in [9.17, 15) is 9.18 Å². The molecule has 34 heavy (non-hydrogen) atoms. The highest BCUT2D eigenvalue weighted by atomic mass is 19.1. The molecule has 3 aromatic rings. The predicted octanol–water partition coefficient (Wildman–Crippen LogP) is 6.29. The van der Waals surface area contributed by atoms with Crippen molar-refractivity contribution in [2.75, 3.05) is 5.32 Å². The Balaban J connectivity index is 1.66. The summed E-state index contributed by atoms with van der Waals surface area (Å²) < 4.78 is 16.4. The van der Waals surface area contributed by atoms with Crippen LogP contribution in [0.15, 0.2) is 48.5 Å². The fourth-order valence-corrected chi connectivity index (χ4v) is 3.75. The van der Waals surface area contributed by atoms with Crippen LogP contribution in [0, 0.1) is 5.82 Å². The molecule has 1 heterocycles. The largest absolute Gasteiger partial charge is 0.481 e. The topological polar surface area (TPSA) is 67.2 Å². The number of benzene rings is 2. The normalized spacial score (nSPS) is 12.1. The third-order valence-electron chi connectivity index (χ3n) is 5.83. The molecule has 1 aromatic heterocycles. The predicted molar refractivity (Wildman–Crippen MR) is 135 cm³/mol. The molecule has 0 atom stereocenters. The van der Waals surface area contributed by atoms with Crippen LogP contribution in [0.5, 0.6) is 0 Å². The zero-order valence-corrected chi connectivity index (χ0v) is 21.1. The summed E-state index contributed by atoms with van der Waals surface area (Å²) in [6, 6.07) is 15.4. The Morgan fingerprint density at radius 2 is 1.62 bits per heavy atom. The summed E-state index contributed by atoms with van der Waals surface area (Å²) in [7, 11) is 0. The molecule has 6 heteroatoms. The standard InChI is InChI=1S/C28H36FN3O2/c1-27(2,3)24-16-25(28(4,5)6)32(31-24)18-20-9-7-19(8-10-20)17-30-22-13-11-21(23(29)15-22)12-14-26(33)34/h7-11,13,15-16,30H,12,14,17-18H2,1-6H3,(H,33,34). The first-order chi connectivity index (χ1) is 15.8. The molecule has 0 unspecified atom stereocenters. The minimum atomic E-state index is -0.929. The maximum absolute atomic E-state index is 14.2. The zero-order chi connectivity index (χ0) is 25.1. The number of carbonyl (C=O) groups is 1. The second-order valence-corrected chi connectivity index (χ2v) is 10.9. The minimum absolute atomic E-state index is 0.00118. The number of hydrogen-bond donors (Lipinski definition) is 2. The van der Waals surface area contributed by atoms with Gasteiger partial charge >= 0.3 is 5.97 Å². The van der Waals surface area contributed by atoms with Gasteiger partial charge in [0.05, 0.1) is 12.2 Å². The van der Waals surface area contributed by atoms with Crippen molar-refractivity contribution in [3.05, 3.63) is 82.4 Å². The molecular formula is C28H36FN3O2. The zero-order valence-electron chi connectivity index (χ0n) is 21.1. The van der Waals surface area contributed by atoms with Crippen molar-refractivity contribution in [1.82, 2.24) is 9.78 Å². The highest BCUT2D eigenvalue weighted by Crippen LogP contribution is 2.29. The van der Waals surface area contributed by atoms with Gasteiger partial charge in [0.25, 0.3) is 0 Å². The van der Waals surface area contributed by atoms with Crippen molar-refractivity contribution in [1.29, 1.82) is 0 Å². The lowest BCUT2D eigenvalue weighted by Gasteiger charge is -2.20. The first kappa shape index (κ1) is 25.5. The van der Waals surface area contributed by atoms with Crippen molar-refractivity contribution in [3.63, 3.8) is 0 Å². The van der Waals surface area contributed by atoms with Gasteiger partial charge in [-0.3, -0.25) is 9.48 Å². The monoisotopic (exact) mass is 465 g/mol. The lowest BCUT2D eigenvalue weighted by Crippen LogP contribution is -2.19. The van der Waals surface area contributed by atoms with Crippen LogP contribution < -0.4 is 5.32 Å². The molecule has 2 aromatic carbocycles. The fraction of sp³-hybridized carbons (Fsp3) is 0.429. The van der Waals surface area contributed by atoms with Gasteiger partial charge in [-0.15, -0.1) is 0 Å². The number of carboxylic acid groups (broad SMARTS) is 1. The smallest absolute Gasteiger partial charge is 0.303 e. The number of carboxylic acids is 1. The molecule has 0 aliphatic heterocycles. The quantitative estimate of drug-likeness (QED) is 0.410. The minimum Gasteiger partial charge on any atom is -0.481 e. The van der Waals surface area contributed by atoms with Gasteiger partial charge in [0.1, 0.15) is 5.82 Å². The van der Waals surface area contributed by atoms with Crippen molar-refractivity contribution >= 4 is 11.7 Å². The van der Waals surface area contributed by atoms with Gasteiger partial charge in [-0.05, 0) is 41.3 Å². The van der Waals surface area contributed by atoms with E-state index in [1.54, 1.807) is 12.1 Å². The van der Waals surface area contributed by atoms with Crippen LogP contribution in [0.3, 0.4) is 0 Å². The van der Waals surface area contributed by atoms with E-state index in [2.05, 4.69) is 81.9 Å². The number of aryl methyl sites for hydroxylation is 1. The number of aromatic nitrogens is 2. The van der Waals surface area contributed by atoms with Gasteiger partial charge in [0.2, 0.25) is 0 Å². The van der Waals surface area contributed by atoms with Crippen LogP contribution in [-0.2, 0) is 35.1 Å². The molecule has 0 bridgehead atoms. The molecule has 0 aliphatic carbocycles. The van der Waals surface area contributed by atoms with Crippen LogP contribution in [0.2, 0.25) is 0 Å². The van der Waals surface area contributed by atoms with Crippen molar-refractivity contribution in [2.24, 2.45) is 0 Å². The summed E-state index contributed by atoms with van der Waals surface area (Å²) >= 11 is 0. The van der Waals surface area contributed by atoms with E-state index in [1.807, 2.05) is 0 Å². The molecule has 0 spiro atoms. The first-order valence-electron chi connectivity index (χ1n) is 11.7. The summed E-state index contributed by atoms with van der Waals surface area (Å²) in [6.07, 6.45) is 0.108. The van der Waals surface area contributed by atoms with Gasteiger partial charge in [0.15, 0.2) is 0 Å². The number of anilines is 1. The van der Waals surface area contributed by atoms with E-state index in [1.165, 1.54) is 17.3 Å². The molecule has 0 saturated carbocycles. The number of hydrogen-bond acceptors (Lipinski definition) is 3. The van der Waals surface area contributed by atoms with Gasteiger partial charge in [-0.1, -0.05) is 71.9 Å². The van der Waals surface area contributed by atoms with Crippen LogP contribution in [0.25, 0.3) is 0 Å². The van der Waals surface area contributed by atoms with Crippen molar-refractivity contribution < 1.29 is 14.3 Å². The Labute approximate surface area is 202 Å². The first-order valence-corrected chi connectivity index (χ1v) is 11.7. The van der Waals surface area contributed by atoms with Crippen LogP contribution in [0.1, 0.15) is 76.0 Å². The van der Waals surface area contributed by atoms with E-state index in [0.717, 1.165) is 11.3 Å². The lowest BCUT2D eigenvalue weighted by molar-refractivity contribution is -0.136. The van der Waals surface area contributed by atoms with E-state index in [4.69, 9.17) is 10.2 Å². The molecule has 0 saturated heterocycles. The highest BCUT2D eigenvalue weighted by molar-refractivity contribution is 5.67. The molecule has 0 amide bonds. The summed E-state index contributed by atoms with van der Waals surface area (Å²) in [5.74, 6) is -1.31. The van der Waals surface area contributed by atoms with Crippen LogP contribution in [0.4, 0.5) is 10.1 Å². The lowest BCUT2D eigenvalue weighted by atomic mass is 9.88. The molecule has 182 valence electrons. The number of aliphatic carboxylic acids is 1. The Kier molecular flexibility index (Phi) is 7.49. The Hall–Kier alpha value is -3.15. The number of rotatable bonds is 8. The van der Waals surface area contributed by atoms with Gasteiger partial charge in [-0.25, -0.2) is 4.39 Å².